The molecule has 3 rings (SSSR count). The molecule has 1 fully saturated rings. The molecule has 2 unspecified atom stereocenters. The summed E-state index contributed by atoms with van der Waals surface area (Å²) in [5.74, 6) is 0.282. The molecule has 2 aromatic rings. The molecule has 9 nitrogen and oxygen atoms in total. The maximum absolute atomic E-state index is 12.9. The third kappa shape index (κ3) is 7.18. The topological polar surface area (TPSA) is 143 Å². The van der Waals surface area contributed by atoms with E-state index in [0.29, 0.717) is 56.2 Å². The van der Waals surface area contributed by atoms with Crippen LogP contribution in [0, 0.1) is 12.8 Å². The Bertz CT molecular complexity index is 1100. The lowest BCUT2D eigenvalue weighted by Gasteiger charge is -2.28. The molecule has 10 heteroatoms. The first-order valence-electron chi connectivity index (χ1n) is 12.2. The molecule has 36 heavy (non-hydrogen) atoms. The summed E-state index contributed by atoms with van der Waals surface area (Å²) in [4.78, 5) is 43.7. The van der Waals surface area contributed by atoms with Gasteiger partial charge in [-0.1, -0.05) is 18.2 Å². The summed E-state index contributed by atoms with van der Waals surface area (Å²) < 4.78 is 0. The van der Waals surface area contributed by atoms with Gasteiger partial charge in [0.25, 0.3) is 5.91 Å². The second-order valence-electron chi connectivity index (χ2n) is 9.29. The quantitative estimate of drug-likeness (QED) is 0.266. The number of carbonyl (C=O) groups is 3. The number of aryl methyl sites for hydroxylation is 1. The van der Waals surface area contributed by atoms with Crippen molar-refractivity contribution < 1.29 is 14.4 Å². The van der Waals surface area contributed by atoms with Crippen molar-refractivity contribution in [2.24, 2.45) is 11.7 Å². The van der Waals surface area contributed by atoms with Gasteiger partial charge >= 0.3 is 0 Å². The number of nitrogens with zero attached hydrogens (tertiary/aromatic N) is 2. The van der Waals surface area contributed by atoms with E-state index in [-0.39, 0.29) is 17.7 Å². The van der Waals surface area contributed by atoms with Crippen LogP contribution in [-0.4, -0.2) is 58.7 Å². The number of anilines is 1. The van der Waals surface area contributed by atoms with Crippen LogP contribution < -0.4 is 22.1 Å². The fourth-order valence-corrected chi connectivity index (χ4v) is 4.76. The zero-order valence-corrected chi connectivity index (χ0v) is 21.6. The Balaban J connectivity index is 1.62. The zero-order chi connectivity index (χ0) is 26.2. The summed E-state index contributed by atoms with van der Waals surface area (Å²) in [6, 6.07) is 9.95. The first-order valence-corrected chi connectivity index (χ1v) is 12.7. The molecular formula is C26H35ClN6O3. The number of benzene rings is 1. The van der Waals surface area contributed by atoms with Gasteiger partial charge in [-0.05, 0) is 68.4 Å². The number of likely N-dealkylation sites (tertiary alicyclic amines) is 1. The van der Waals surface area contributed by atoms with E-state index in [1.807, 2.05) is 36.1 Å². The number of halogens is 1. The monoisotopic (exact) mass is 514 g/mol. The van der Waals surface area contributed by atoms with Crippen LogP contribution in [0.2, 0.25) is 0 Å². The van der Waals surface area contributed by atoms with E-state index < -0.39 is 18.0 Å². The van der Waals surface area contributed by atoms with Gasteiger partial charge in [0.2, 0.25) is 11.8 Å². The SMILES string of the molecule is Cc1nc(N)ccc1CNC(=O)[C@H](C)N1CC(Cc2cccc(C(=O)NCCCCl)c2)CC1C(N)=O. The Morgan fingerprint density at radius 3 is 2.69 bits per heavy atom. The van der Waals surface area contributed by atoms with Crippen LogP contribution in [0.5, 0.6) is 0 Å². The van der Waals surface area contributed by atoms with Crippen molar-refractivity contribution >= 4 is 35.1 Å². The normalized spacial score (nSPS) is 18.5. The molecular weight excluding hydrogens is 480 g/mol. The predicted octanol–water partition coefficient (Wildman–Crippen LogP) is 1.75. The highest BCUT2D eigenvalue weighted by atomic mass is 35.5. The van der Waals surface area contributed by atoms with Crippen molar-refractivity contribution in [3.63, 3.8) is 0 Å². The van der Waals surface area contributed by atoms with Crippen LogP contribution in [-0.2, 0) is 22.6 Å². The smallest absolute Gasteiger partial charge is 0.251 e. The van der Waals surface area contributed by atoms with Gasteiger partial charge in [-0.25, -0.2) is 4.98 Å². The Kier molecular flexibility index (Phi) is 9.66. The number of primary amides is 1. The minimum Gasteiger partial charge on any atom is -0.384 e. The summed E-state index contributed by atoms with van der Waals surface area (Å²) in [6.45, 7) is 5.03. The third-order valence-electron chi connectivity index (χ3n) is 6.61. The number of alkyl halides is 1. The number of rotatable bonds is 11. The first kappa shape index (κ1) is 27.4. The fraction of sp³-hybridized carbons (Fsp3) is 0.462. The molecule has 6 N–H and O–H groups in total. The van der Waals surface area contributed by atoms with Gasteiger partial charge in [-0.15, -0.1) is 11.6 Å². The maximum atomic E-state index is 12.9. The van der Waals surface area contributed by atoms with Crippen molar-refractivity contribution in [1.82, 2.24) is 20.5 Å². The predicted molar refractivity (Wildman–Crippen MR) is 140 cm³/mol. The number of nitrogen functional groups attached to an aromatic ring is 1. The molecule has 194 valence electrons. The summed E-state index contributed by atoms with van der Waals surface area (Å²) in [5.41, 5.74) is 14.6. The first-order chi connectivity index (χ1) is 17.2. The van der Waals surface area contributed by atoms with Crippen molar-refractivity contribution in [2.45, 2.75) is 51.7 Å². The molecule has 0 aliphatic carbocycles. The van der Waals surface area contributed by atoms with Crippen molar-refractivity contribution in [3.05, 3.63) is 58.8 Å². The van der Waals surface area contributed by atoms with Gasteiger partial charge in [0, 0.05) is 36.8 Å². The molecule has 0 radical (unpaired) electrons. The molecule has 3 atom stereocenters. The largest absolute Gasteiger partial charge is 0.384 e. The molecule has 1 aromatic heterocycles. The Morgan fingerprint density at radius 2 is 2.00 bits per heavy atom. The van der Waals surface area contributed by atoms with Gasteiger partial charge < -0.3 is 22.1 Å². The van der Waals surface area contributed by atoms with Gasteiger partial charge in [-0.3, -0.25) is 19.3 Å². The van der Waals surface area contributed by atoms with E-state index in [0.717, 1.165) is 16.8 Å². The number of carbonyl (C=O) groups excluding carboxylic acids is 3. The molecule has 0 bridgehead atoms. The Labute approximate surface area is 217 Å². The molecule has 1 aromatic carbocycles. The van der Waals surface area contributed by atoms with Crippen LogP contribution in [0.25, 0.3) is 0 Å². The highest BCUT2D eigenvalue weighted by molar-refractivity contribution is 6.17. The van der Waals surface area contributed by atoms with Crippen LogP contribution >= 0.6 is 11.6 Å². The second kappa shape index (κ2) is 12.7. The summed E-state index contributed by atoms with van der Waals surface area (Å²) in [5, 5.41) is 5.79. The van der Waals surface area contributed by atoms with Crippen LogP contribution in [0.15, 0.2) is 36.4 Å². The van der Waals surface area contributed by atoms with E-state index in [2.05, 4.69) is 15.6 Å². The van der Waals surface area contributed by atoms with Crippen molar-refractivity contribution in [1.29, 1.82) is 0 Å². The van der Waals surface area contributed by atoms with E-state index in [4.69, 9.17) is 23.1 Å². The summed E-state index contributed by atoms with van der Waals surface area (Å²) in [6.07, 6.45) is 1.94. The second-order valence-corrected chi connectivity index (χ2v) is 9.67. The Morgan fingerprint density at radius 1 is 1.22 bits per heavy atom. The van der Waals surface area contributed by atoms with Crippen LogP contribution in [0.3, 0.4) is 0 Å². The van der Waals surface area contributed by atoms with Crippen molar-refractivity contribution in [3.8, 4) is 0 Å². The average Bonchev–Trinajstić information content (AvgIpc) is 3.27. The lowest BCUT2D eigenvalue weighted by Crippen LogP contribution is -2.51. The van der Waals surface area contributed by atoms with Gasteiger partial charge in [0.05, 0.1) is 12.1 Å². The van der Waals surface area contributed by atoms with E-state index >= 15 is 0 Å². The van der Waals surface area contributed by atoms with E-state index in [1.54, 1.807) is 19.1 Å². The van der Waals surface area contributed by atoms with E-state index in [1.165, 1.54) is 0 Å². The maximum Gasteiger partial charge on any atom is 0.251 e. The number of aromatic nitrogens is 1. The summed E-state index contributed by atoms with van der Waals surface area (Å²) in [7, 11) is 0. The van der Waals surface area contributed by atoms with Gasteiger partial charge in [0.15, 0.2) is 0 Å². The number of pyridine rings is 1. The molecule has 1 saturated heterocycles. The third-order valence-corrected chi connectivity index (χ3v) is 6.88. The minimum absolute atomic E-state index is 0.121. The lowest BCUT2D eigenvalue weighted by molar-refractivity contribution is -0.129. The van der Waals surface area contributed by atoms with Gasteiger partial charge in [-0.2, -0.15) is 0 Å². The standard InChI is InChI=1S/C26H35ClN6O3/c1-16-21(7-8-23(28)32-16)14-31-25(35)17(2)33-15-19(13-22(33)24(29)34)11-18-5-3-6-20(12-18)26(36)30-10-4-9-27/h3,5-8,12,17,19,22H,4,9-11,13-15H2,1-2H3,(H2,28,32)(H2,29,34)(H,30,36)(H,31,35)/t17-,19?,22?/m0/s1. The number of hydrogen-bond donors (Lipinski definition) is 4. The molecule has 1 aliphatic heterocycles. The molecule has 0 spiro atoms. The van der Waals surface area contributed by atoms with Crippen LogP contribution in [0.4, 0.5) is 5.82 Å². The lowest BCUT2D eigenvalue weighted by atomic mass is 9.95. The van der Waals surface area contributed by atoms with Crippen molar-refractivity contribution in [2.75, 3.05) is 24.7 Å². The highest BCUT2D eigenvalue weighted by Crippen LogP contribution is 2.28. The minimum atomic E-state index is -0.534. The van der Waals surface area contributed by atoms with E-state index in [9.17, 15) is 14.4 Å². The van der Waals surface area contributed by atoms with Crippen LogP contribution in [0.1, 0.15) is 46.9 Å². The zero-order valence-electron chi connectivity index (χ0n) is 20.8. The number of amides is 3. The number of nitrogens with two attached hydrogens (primary N) is 2. The van der Waals surface area contributed by atoms with Gasteiger partial charge in [0.1, 0.15) is 5.82 Å². The fourth-order valence-electron chi connectivity index (χ4n) is 4.63. The molecule has 1 aliphatic rings. The highest BCUT2D eigenvalue weighted by Gasteiger charge is 2.40. The number of nitrogens with one attached hydrogen (secondary N) is 2. The summed E-state index contributed by atoms with van der Waals surface area (Å²) >= 11 is 5.68. The Hall–Kier alpha value is -3.17. The number of hydrogen-bond acceptors (Lipinski definition) is 6. The molecule has 2 heterocycles. The molecule has 0 saturated carbocycles. The average molecular weight is 515 g/mol. The molecule has 3 amide bonds.